The molecule has 0 aliphatic heterocycles. The molecule has 0 spiro atoms. The summed E-state index contributed by atoms with van der Waals surface area (Å²) in [7, 11) is 3.83. The summed E-state index contributed by atoms with van der Waals surface area (Å²) in [5.74, 6) is 1.33. The SMILES string of the molecule is CN(C)c1nccc(OC2CCC(N)CC2)n1. The summed E-state index contributed by atoms with van der Waals surface area (Å²) < 4.78 is 5.86. The van der Waals surface area contributed by atoms with Gasteiger partial charge in [0.25, 0.3) is 0 Å². The minimum absolute atomic E-state index is 0.250. The average Bonchev–Trinajstić information content (AvgIpc) is 2.32. The van der Waals surface area contributed by atoms with E-state index in [-0.39, 0.29) is 6.10 Å². The standard InChI is InChI=1S/C12H20N4O/c1-16(2)12-14-8-7-11(15-12)17-10-5-3-9(13)4-6-10/h7-10H,3-6,13H2,1-2H3. The summed E-state index contributed by atoms with van der Waals surface area (Å²) in [5, 5.41) is 0. The van der Waals surface area contributed by atoms with Gasteiger partial charge in [-0.2, -0.15) is 4.98 Å². The lowest BCUT2D eigenvalue weighted by molar-refractivity contribution is 0.141. The number of aromatic nitrogens is 2. The van der Waals surface area contributed by atoms with Crippen LogP contribution in [0.15, 0.2) is 12.3 Å². The van der Waals surface area contributed by atoms with Crippen LogP contribution in [-0.4, -0.2) is 36.2 Å². The highest BCUT2D eigenvalue weighted by Crippen LogP contribution is 2.22. The van der Waals surface area contributed by atoms with E-state index in [1.54, 1.807) is 6.20 Å². The molecule has 0 bridgehead atoms. The van der Waals surface area contributed by atoms with Crippen molar-refractivity contribution in [2.75, 3.05) is 19.0 Å². The zero-order valence-electron chi connectivity index (χ0n) is 10.5. The first-order valence-corrected chi connectivity index (χ1v) is 6.08. The molecular formula is C12H20N4O. The minimum Gasteiger partial charge on any atom is -0.474 e. The van der Waals surface area contributed by atoms with Crippen LogP contribution in [0.2, 0.25) is 0 Å². The van der Waals surface area contributed by atoms with Gasteiger partial charge in [0.2, 0.25) is 11.8 Å². The van der Waals surface area contributed by atoms with E-state index in [1.165, 1.54) is 0 Å². The Labute approximate surface area is 102 Å². The molecule has 1 aromatic heterocycles. The lowest BCUT2D eigenvalue weighted by Gasteiger charge is -2.26. The molecule has 1 fully saturated rings. The van der Waals surface area contributed by atoms with Crippen LogP contribution in [0.4, 0.5) is 5.95 Å². The summed E-state index contributed by atoms with van der Waals surface area (Å²) in [6.07, 6.45) is 6.09. The fraction of sp³-hybridized carbons (Fsp3) is 0.667. The van der Waals surface area contributed by atoms with Gasteiger partial charge in [-0.3, -0.25) is 0 Å². The molecule has 1 aliphatic carbocycles. The Morgan fingerprint density at radius 3 is 2.65 bits per heavy atom. The van der Waals surface area contributed by atoms with E-state index >= 15 is 0 Å². The fourth-order valence-corrected chi connectivity index (χ4v) is 1.99. The topological polar surface area (TPSA) is 64.3 Å². The van der Waals surface area contributed by atoms with E-state index in [1.807, 2.05) is 25.1 Å². The first-order valence-electron chi connectivity index (χ1n) is 6.08. The van der Waals surface area contributed by atoms with Crippen LogP contribution in [-0.2, 0) is 0 Å². The summed E-state index contributed by atoms with van der Waals surface area (Å²) in [4.78, 5) is 10.4. The van der Waals surface area contributed by atoms with Crippen LogP contribution in [0.3, 0.4) is 0 Å². The molecule has 1 heterocycles. The van der Waals surface area contributed by atoms with Gasteiger partial charge in [0, 0.05) is 32.4 Å². The summed E-state index contributed by atoms with van der Waals surface area (Å²) in [6.45, 7) is 0. The summed E-state index contributed by atoms with van der Waals surface area (Å²) in [5.41, 5.74) is 5.87. The predicted molar refractivity (Wildman–Crippen MR) is 67.2 cm³/mol. The molecule has 0 unspecified atom stereocenters. The predicted octanol–water partition coefficient (Wildman–Crippen LogP) is 1.19. The van der Waals surface area contributed by atoms with Crippen molar-refractivity contribution in [3.05, 3.63) is 12.3 Å². The summed E-state index contributed by atoms with van der Waals surface area (Å²) in [6, 6.07) is 2.15. The molecule has 0 saturated heterocycles. The van der Waals surface area contributed by atoms with Gasteiger partial charge in [-0.15, -0.1) is 0 Å². The van der Waals surface area contributed by atoms with Gasteiger partial charge in [0.15, 0.2) is 0 Å². The third-order valence-electron chi connectivity index (χ3n) is 3.02. The van der Waals surface area contributed by atoms with E-state index in [9.17, 15) is 0 Å². The number of ether oxygens (including phenoxy) is 1. The molecule has 0 radical (unpaired) electrons. The van der Waals surface area contributed by atoms with Crippen molar-refractivity contribution in [1.29, 1.82) is 0 Å². The van der Waals surface area contributed by atoms with Crippen molar-refractivity contribution in [2.24, 2.45) is 5.73 Å². The molecule has 2 N–H and O–H groups in total. The molecular weight excluding hydrogens is 216 g/mol. The van der Waals surface area contributed by atoms with Crippen molar-refractivity contribution in [1.82, 2.24) is 9.97 Å². The lowest BCUT2D eigenvalue weighted by Crippen LogP contribution is -2.31. The monoisotopic (exact) mass is 236 g/mol. The van der Waals surface area contributed by atoms with E-state index in [0.29, 0.717) is 17.9 Å². The first-order chi connectivity index (χ1) is 8.15. The fourth-order valence-electron chi connectivity index (χ4n) is 1.99. The molecule has 1 saturated carbocycles. The molecule has 94 valence electrons. The van der Waals surface area contributed by atoms with Crippen molar-refractivity contribution < 1.29 is 4.74 Å². The van der Waals surface area contributed by atoms with Crippen LogP contribution in [0.5, 0.6) is 5.88 Å². The zero-order chi connectivity index (χ0) is 12.3. The average molecular weight is 236 g/mol. The highest BCUT2D eigenvalue weighted by molar-refractivity contribution is 5.29. The third kappa shape index (κ3) is 3.30. The van der Waals surface area contributed by atoms with E-state index in [4.69, 9.17) is 10.5 Å². The van der Waals surface area contributed by atoms with Crippen LogP contribution in [0, 0.1) is 0 Å². The number of nitrogens with zero attached hydrogens (tertiary/aromatic N) is 3. The van der Waals surface area contributed by atoms with E-state index in [2.05, 4.69) is 9.97 Å². The Bertz CT molecular complexity index is 361. The quantitative estimate of drug-likeness (QED) is 0.854. The van der Waals surface area contributed by atoms with Gasteiger partial charge >= 0.3 is 0 Å². The largest absolute Gasteiger partial charge is 0.474 e. The minimum atomic E-state index is 0.250. The van der Waals surface area contributed by atoms with Crippen molar-refractivity contribution in [3.8, 4) is 5.88 Å². The zero-order valence-corrected chi connectivity index (χ0v) is 10.5. The molecule has 2 rings (SSSR count). The normalized spacial score (nSPS) is 24.4. The highest BCUT2D eigenvalue weighted by Gasteiger charge is 2.20. The summed E-state index contributed by atoms with van der Waals surface area (Å²) >= 11 is 0. The molecule has 5 heteroatoms. The van der Waals surface area contributed by atoms with Crippen LogP contribution < -0.4 is 15.4 Å². The number of hydrogen-bond donors (Lipinski definition) is 1. The van der Waals surface area contributed by atoms with Crippen molar-refractivity contribution in [2.45, 2.75) is 37.8 Å². The highest BCUT2D eigenvalue weighted by atomic mass is 16.5. The molecule has 17 heavy (non-hydrogen) atoms. The maximum atomic E-state index is 5.87. The van der Waals surface area contributed by atoms with Gasteiger partial charge in [-0.25, -0.2) is 4.98 Å². The Kier molecular flexibility index (Phi) is 3.78. The van der Waals surface area contributed by atoms with Crippen LogP contribution >= 0.6 is 0 Å². The second-order valence-electron chi connectivity index (χ2n) is 4.74. The van der Waals surface area contributed by atoms with E-state index < -0.39 is 0 Å². The van der Waals surface area contributed by atoms with Crippen molar-refractivity contribution in [3.63, 3.8) is 0 Å². The maximum absolute atomic E-state index is 5.87. The molecule has 1 aromatic rings. The molecule has 0 aromatic carbocycles. The van der Waals surface area contributed by atoms with Gasteiger partial charge in [-0.05, 0) is 25.7 Å². The molecule has 5 nitrogen and oxygen atoms in total. The van der Waals surface area contributed by atoms with Gasteiger partial charge in [0.1, 0.15) is 6.10 Å². The maximum Gasteiger partial charge on any atom is 0.228 e. The molecule has 0 amide bonds. The smallest absolute Gasteiger partial charge is 0.228 e. The molecule has 0 atom stereocenters. The van der Waals surface area contributed by atoms with Crippen LogP contribution in [0.1, 0.15) is 25.7 Å². The Hall–Kier alpha value is -1.36. The second kappa shape index (κ2) is 5.31. The van der Waals surface area contributed by atoms with Crippen molar-refractivity contribution >= 4 is 5.95 Å². The number of rotatable bonds is 3. The number of hydrogen-bond acceptors (Lipinski definition) is 5. The lowest BCUT2D eigenvalue weighted by atomic mass is 9.94. The van der Waals surface area contributed by atoms with Gasteiger partial charge in [0.05, 0.1) is 0 Å². The Morgan fingerprint density at radius 2 is 2.00 bits per heavy atom. The second-order valence-corrected chi connectivity index (χ2v) is 4.74. The Morgan fingerprint density at radius 1 is 1.29 bits per heavy atom. The first kappa shape index (κ1) is 12.1. The third-order valence-corrected chi connectivity index (χ3v) is 3.02. The van der Waals surface area contributed by atoms with Gasteiger partial charge < -0.3 is 15.4 Å². The van der Waals surface area contributed by atoms with Gasteiger partial charge in [-0.1, -0.05) is 0 Å². The number of nitrogens with two attached hydrogens (primary N) is 1. The van der Waals surface area contributed by atoms with E-state index in [0.717, 1.165) is 25.7 Å². The Balaban J connectivity index is 1.96. The molecule has 1 aliphatic rings. The van der Waals surface area contributed by atoms with Crippen LogP contribution in [0.25, 0.3) is 0 Å². The number of anilines is 1.